The maximum Gasteiger partial charge on any atom is 0.427 e. The summed E-state index contributed by atoms with van der Waals surface area (Å²) >= 11 is 2.34. The first-order chi connectivity index (χ1) is 7.30. The zero-order valence-corrected chi connectivity index (χ0v) is 10.8. The Bertz CT molecular complexity index is 572. The Morgan fingerprint density at radius 3 is 2.62 bits per heavy atom. The van der Waals surface area contributed by atoms with E-state index < -0.39 is 11.1 Å². The summed E-state index contributed by atoms with van der Waals surface area (Å²) in [5.74, 6) is -0.256. The minimum atomic E-state index is -4.37. The minimum absolute atomic E-state index is 0.182. The maximum atomic E-state index is 12.4. The fraction of sp³-hybridized carbons (Fsp3) is 0.250. The molecule has 0 amide bonds. The van der Waals surface area contributed by atoms with Gasteiger partial charge in [-0.05, 0) is 22.6 Å². The van der Waals surface area contributed by atoms with Gasteiger partial charge in [0.25, 0.3) is 0 Å². The number of rotatable bonds is 1. The van der Waals surface area contributed by atoms with Crippen LogP contribution in [0.2, 0.25) is 0 Å². The molecule has 0 N–H and O–H groups in total. The molecule has 0 saturated carbocycles. The van der Waals surface area contributed by atoms with Crippen LogP contribution in [0.15, 0.2) is 6.20 Å². The molecular formula is C8H4F3IN2OS. The van der Waals surface area contributed by atoms with E-state index in [4.69, 9.17) is 0 Å². The van der Waals surface area contributed by atoms with Crippen LogP contribution in [0.25, 0.3) is 4.96 Å². The van der Waals surface area contributed by atoms with Gasteiger partial charge in [-0.3, -0.25) is 9.20 Å². The smallest absolute Gasteiger partial charge is 0.293 e. The van der Waals surface area contributed by atoms with Crippen LogP contribution >= 0.6 is 33.9 Å². The fourth-order valence-electron chi connectivity index (χ4n) is 1.17. The molecule has 0 aliphatic rings. The second-order valence-electron chi connectivity index (χ2n) is 3.05. The summed E-state index contributed by atoms with van der Waals surface area (Å²) in [6.07, 6.45) is -3.41. The molecule has 0 bridgehead atoms. The van der Waals surface area contributed by atoms with E-state index in [1.165, 1.54) is 11.3 Å². The third-order valence-corrected chi connectivity index (χ3v) is 3.94. The first kappa shape index (κ1) is 11.8. The molecule has 0 aliphatic carbocycles. The SMILES string of the molecule is CC(=O)c1nc2sc(C(F)(F)F)cn2c1I. The van der Waals surface area contributed by atoms with Crippen molar-refractivity contribution < 1.29 is 18.0 Å². The standard InChI is InChI=1S/C8H4F3IN2OS/c1-3(15)5-6(12)14-2-4(8(9,10)11)16-7(14)13-5/h2H,1H3. The third kappa shape index (κ3) is 1.83. The molecule has 2 heterocycles. The van der Waals surface area contributed by atoms with Crippen molar-refractivity contribution in [2.75, 3.05) is 0 Å². The highest BCUT2D eigenvalue weighted by Gasteiger charge is 2.34. The Balaban J connectivity index is 2.63. The molecule has 86 valence electrons. The number of carbonyl (C=O) groups excluding carboxylic acids is 1. The Hall–Kier alpha value is -0.640. The van der Waals surface area contributed by atoms with Gasteiger partial charge in [0.05, 0.1) is 0 Å². The van der Waals surface area contributed by atoms with E-state index >= 15 is 0 Å². The monoisotopic (exact) mass is 360 g/mol. The van der Waals surface area contributed by atoms with Crippen LogP contribution in [0.4, 0.5) is 13.2 Å². The van der Waals surface area contributed by atoms with Crippen molar-refractivity contribution in [2.24, 2.45) is 0 Å². The van der Waals surface area contributed by atoms with Crippen LogP contribution in [0.5, 0.6) is 0 Å². The van der Waals surface area contributed by atoms with Gasteiger partial charge >= 0.3 is 6.18 Å². The van der Waals surface area contributed by atoms with Crippen molar-refractivity contribution >= 4 is 44.7 Å². The van der Waals surface area contributed by atoms with E-state index in [2.05, 4.69) is 4.98 Å². The number of thiazole rings is 1. The predicted octanol–water partition coefficient (Wildman–Crippen LogP) is 3.22. The number of halogens is 4. The molecule has 0 fully saturated rings. The zero-order valence-electron chi connectivity index (χ0n) is 7.80. The summed E-state index contributed by atoms with van der Waals surface area (Å²) in [6, 6.07) is 0. The van der Waals surface area contributed by atoms with Crippen molar-refractivity contribution in [3.63, 3.8) is 0 Å². The van der Waals surface area contributed by atoms with Gasteiger partial charge in [-0.1, -0.05) is 11.3 Å². The van der Waals surface area contributed by atoms with E-state index in [0.29, 0.717) is 15.0 Å². The molecule has 3 nitrogen and oxygen atoms in total. The van der Waals surface area contributed by atoms with Crippen molar-refractivity contribution in [1.29, 1.82) is 0 Å². The van der Waals surface area contributed by atoms with E-state index in [9.17, 15) is 18.0 Å². The highest BCUT2D eigenvalue weighted by molar-refractivity contribution is 14.1. The predicted molar refractivity (Wildman–Crippen MR) is 60.8 cm³/mol. The summed E-state index contributed by atoms with van der Waals surface area (Å²) in [5.41, 5.74) is 0.209. The first-order valence-electron chi connectivity index (χ1n) is 4.06. The lowest BCUT2D eigenvalue weighted by atomic mass is 10.3. The molecule has 2 aromatic heterocycles. The molecule has 0 unspecified atom stereocenters. The van der Waals surface area contributed by atoms with Gasteiger partial charge in [-0.25, -0.2) is 4.98 Å². The highest BCUT2D eigenvalue weighted by atomic mass is 127. The number of Topliss-reactive ketones (excluding diaryl/α,β-unsaturated/α-hetero) is 1. The van der Waals surface area contributed by atoms with Gasteiger partial charge in [0.15, 0.2) is 10.7 Å². The number of imidazole rings is 1. The van der Waals surface area contributed by atoms with Gasteiger partial charge < -0.3 is 0 Å². The largest absolute Gasteiger partial charge is 0.427 e. The first-order valence-corrected chi connectivity index (χ1v) is 5.95. The van der Waals surface area contributed by atoms with Crippen molar-refractivity contribution in [1.82, 2.24) is 9.38 Å². The van der Waals surface area contributed by atoms with Crippen molar-refractivity contribution in [2.45, 2.75) is 13.1 Å². The lowest BCUT2D eigenvalue weighted by Gasteiger charge is -1.99. The number of nitrogens with zero attached hydrogens (tertiary/aromatic N) is 2. The van der Waals surface area contributed by atoms with E-state index in [0.717, 1.165) is 6.20 Å². The van der Waals surface area contributed by atoms with Crippen LogP contribution in [0.3, 0.4) is 0 Å². The Labute approximate surface area is 105 Å². The molecule has 0 aliphatic heterocycles. The number of aromatic nitrogens is 2. The van der Waals surface area contributed by atoms with E-state index in [-0.39, 0.29) is 16.4 Å². The quantitative estimate of drug-likeness (QED) is 0.578. The van der Waals surface area contributed by atoms with Crippen LogP contribution in [-0.4, -0.2) is 15.2 Å². The van der Waals surface area contributed by atoms with E-state index in [1.807, 2.05) is 22.6 Å². The molecule has 0 spiro atoms. The molecule has 0 radical (unpaired) electrons. The van der Waals surface area contributed by atoms with Crippen LogP contribution in [0.1, 0.15) is 22.3 Å². The summed E-state index contributed by atoms with van der Waals surface area (Å²) in [5, 5.41) is 0. The summed E-state index contributed by atoms with van der Waals surface area (Å²) in [6.45, 7) is 1.33. The number of hydrogen-bond acceptors (Lipinski definition) is 3. The van der Waals surface area contributed by atoms with Crippen LogP contribution < -0.4 is 0 Å². The lowest BCUT2D eigenvalue weighted by molar-refractivity contribution is -0.134. The third-order valence-electron chi connectivity index (χ3n) is 1.88. The Morgan fingerprint density at radius 1 is 1.56 bits per heavy atom. The van der Waals surface area contributed by atoms with Gasteiger partial charge in [-0.2, -0.15) is 13.2 Å². The second-order valence-corrected chi connectivity index (χ2v) is 5.08. The number of hydrogen-bond donors (Lipinski definition) is 0. The summed E-state index contributed by atoms with van der Waals surface area (Å²) in [7, 11) is 0. The summed E-state index contributed by atoms with van der Waals surface area (Å²) < 4.78 is 38.9. The van der Waals surface area contributed by atoms with Crippen molar-refractivity contribution in [3.8, 4) is 0 Å². The molecule has 2 aromatic rings. The molecular weight excluding hydrogens is 356 g/mol. The van der Waals surface area contributed by atoms with Crippen LogP contribution in [-0.2, 0) is 6.18 Å². The molecule has 2 rings (SSSR count). The molecule has 0 saturated heterocycles. The highest BCUT2D eigenvalue weighted by Crippen LogP contribution is 2.35. The maximum absolute atomic E-state index is 12.4. The zero-order chi connectivity index (χ0) is 12.1. The Kier molecular flexibility index (Phi) is 2.73. The molecule has 0 atom stereocenters. The number of carbonyl (C=O) groups is 1. The second kappa shape index (κ2) is 3.69. The average molecular weight is 360 g/mol. The van der Waals surface area contributed by atoms with E-state index in [1.54, 1.807) is 0 Å². The van der Waals surface area contributed by atoms with Gasteiger partial charge in [0.2, 0.25) is 0 Å². The number of alkyl halides is 3. The van der Waals surface area contributed by atoms with Gasteiger partial charge in [0, 0.05) is 13.1 Å². The fourth-order valence-corrected chi connectivity index (χ4v) is 3.06. The number of fused-ring (bicyclic) bond motifs is 1. The normalized spacial score (nSPS) is 12.3. The topological polar surface area (TPSA) is 34.4 Å². The van der Waals surface area contributed by atoms with Gasteiger partial charge in [-0.15, -0.1) is 0 Å². The lowest BCUT2D eigenvalue weighted by Crippen LogP contribution is -2.02. The molecule has 0 aromatic carbocycles. The molecule has 16 heavy (non-hydrogen) atoms. The van der Waals surface area contributed by atoms with Crippen LogP contribution in [0, 0.1) is 3.70 Å². The summed E-state index contributed by atoms with van der Waals surface area (Å²) in [4.78, 5) is 14.5. The molecule has 8 heteroatoms. The minimum Gasteiger partial charge on any atom is -0.293 e. The van der Waals surface area contributed by atoms with Gasteiger partial charge in [0.1, 0.15) is 14.3 Å². The Morgan fingerprint density at radius 2 is 2.19 bits per heavy atom. The average Bonchev–Trinajstić information content (AvgIpc) is 2.64. The van der Waals surface area contributed by atoms with Crippen molar-refractivity contribution in [3.05, 3.63) is 20.5 Å². The number of ketones is 1.